The first-order valence-electron chi connectivity index (χ1n) is 7.80. The van der Waals surface area contributed by atoms with Crippen LogP contribution in [0, 0.1) is 0 Å². The lowest BCUT2D eigenvalue weighted by atomic mass is 10.1. The van der Waals surface area contributed by atoms with Crippen molar-refractivity contribution in [2.24, 2.45) is 0 Å². The molecular formula is C15H28N2O3. The van der Waals surface area contributed by atoms with Crippen molar-refractivity contribution in [2.45, 2.75) is 64.3 Å². The molecule has 1 aliphatic carbocycles. The molecule has 2 N–H and O–H groups in total. The smallest absolute Gasteiger partial charge is 0.222 e. The van der Waals surface area contributed by atoms with Gasteiger partial charge in [-0.2, -0.15) is 0 Å². The molecule has 0 saturated heterocycles. The van der Waals surface area contributed by atoms with Crippen LogP contribution >= 0.6 is 0 Å². The summed E-state index contributed by atoms with van der Waals surface area (Å²) in [6.45, 7) is 2.71. The second kappa shape index (κ2) is 9.75. The van der Waals surface area contributed by atoms with Crippen molar-refractivity contribution >= 4 is 11.8 Å². The van der Waals surface area contributed by atoms with Gasteiger partial charge in [-0.15, -0.1) is 0 Å². The van der Waals surface area contributed by atoms with E-state index in [1.807, 2.05) is 4.90 Å². The van der Waals surface area contributed by atoms with E-state index in [2.05, 4.69) is 5.32 Å². The summed E-state index contributed by atoms with van der Waals surface area (Å²) in [5.74, 6) is 0.168. The quantitative estimate of drug-likeness (QED) is 0.630. The minimum absolute atomic E-state index is 0.00330. The first kappa shape index (κ1) is 17.0. The molecule has 0 aliphatic heterocycles. The maximum atomic E-state index is 12.2. The van der Waals surface area contributed by atoms with Gasteiger partial charge in [-0.1, -0.05) is 19.3 Å². The predicted octanol–water partition coefficient (Wildman–Crippen LogP) is 1.45. The van der Waals surface area contributed by atoms with E-state index in [0.717, 1.165) is 32.1 Å². The van der Waals surface area contributed by atoms with Crippen LogP contribution in [0.15, 0.2) is 0 Å². The van der Waals surface area contributed by atoms with Crippen molar-refractivity contribution in [3.63, 3.8) is 0 Å². The van der Waals surface area contributed by atoms with E-state index < -0.39 is 0 Å². The van der Waals surface area contributed by atoms with Crippen LogP contribution < -0.4 is 5.32 Å². The molecule has 0 aromatic carbocycles. The highest BCUT2D eigenvalue weighted by Gasteiger charge is 2.25. The van der Waals surface area contributed by atoms with E-state index in [1.54, 1.807) is 0 Å². The van der Waals surface area contributed by atoms with E-state index in [1.165, 1.54) is 19.8 Å². The van der Waals surface area contributed by atoms with Crippen molar-refractivity contribution < 1.29 is 14.7 Å². The van der Waals surface area contributed by atoms with Crippen LogP contribution in [0.25, 0.3) is 0 Å². The minimum atomic E-state index is -0.00330. The van der Waals surface area contributed by atoms with Gasteiger partial charge in [0.2, 0.25) is 11.8 Å². The predicted molar refractivity (Wildman–Crippen MR) is 78.2 cm³/mol. The van der Waals surface area contributed by atoms with E-state index in [4.69, 9.17) is 5.11 Å². The Kier molecular flexibility index (Phi) is 8.26. The van der Waals surface area contributed by atoms with Crippen LogP contribution in [0.2, 0.25) is 0 Å². The Morgan fingerprint density at radius 2 is 1.90 bits per heavy atom. The average molecular weight is 284 g/mol. The Hall–Kier alpha value is -1.10. The van der Waals surface area contributed by atoms with Crippen LogP contribution in [0.3, 0.4) is 0 Å². The fourth-order valence-corrected chi connectivity index (χ4v) is 2.82. The highest BCUT2D eigenvalue weighted by Crippen LogP contribution is 2.24. The SMILES string of the molecule is CC(=O)NCCCCCC(=O)N(CCO)C1CCCC1. The second-order valence-corrected chi connectivity index (χ2v) is 5.54. The van der Waals surface area contributed by atoms with E-state index in [9.17, 15) is 9.59 Å². The average Bonchev–Trinajstić information content (AvgIpc) is 2.93. The summed E-state index contributed by atoms with van der Waals surface area (Å²) < 4.78 is 0. The first-order valence-corrected chi connectivity index (χ1v) is 7.80. The fraction of sp³-hybridized carbons (Fsp3) is 0.867. The zero-order valence-electron chi connectivity index (χ0n) is 12.6. The molecule has 5 nitrogen and oxygen atoms in total. The molecule has 2 amide bonds. The number of nitrogens with zero attached hydrogens (tertiary/aromatic N) is 1. The third-order valence-electron chi connectivity index (χ3n) is 3.87. The molecule has 0 aromatic rings. The number of carbonyl (C=O) groups excluding carboxylic acids is 2. The van der Waals surface area contributed by atoms with Gasteiger partial charge in [0.15, 0.2) is 0 Å². The van der Waals surface area contributed by atoms with Gasteiger partial charge in [0, 0.05) is 32.5 Å². The largest absolute Gasteiger partial charge is 0.395 e. The summed E-state index contributed by atoms with van der Waals surface area (Å²) in [7, 11) is 0. The second-order valence-electron chi connectivity index (χ2n) is 5.54. The summed E-state index contributed by atoms with van der Waals surface area (Å²) in [5, 5.41) is 11.9. The van der Waals surface area contributed by atoms with Gasteiger partial charge in [-0.3, -0.25) is 9.59 Å². The van der Waals surface area contributed by atoms with Crippen LogP contribution in [0.1, 0.15) is 58.3 Å². The number of carbonyl (C=O) groups is 2. The monoisotopic (exact) mass is 284 g/mol. The highest BCUT2D eigenvalue weighted by atomic mass is 16.3. The molecule has 5 heteroatoms. The summed E-state index contributed by atoms with van der Waals surface area (Å²) in [6.07, 6.45) is 7.80. The molecule has 0 unspecified atom stereocenters. The van der Waals surface area contributed by atoms with Gasteiger partial charge in [-0.25, -0.2) is 0 Å². The summed E-state index contributed by atoms with van der Waals surface area (Å²) >= 11 is 0. The van der Waals surface area contributed by atoms with Crippen molar-refractivity contribution in [3.05, 3.63) is 0 Å². The lowest BCUT2D eigenvalue weighted by molar-refractivity contribution is -0.134. The Bertz CT molecular complexity index is 301. The van der Waals surface area contributed by atoms with Gasteiger partial charge in [0.1, 0.15) is 0 Å². The molecule has 0 aromatic heterocycles. The molecular weight excluding hydrogens is 256 g/mol. The fourth-order valence-electron chi connectivity index (χ4n) is 2.82. The molecule has 0 heterocycles. The number of unbranched alkanes of at least 4 members (excludes halogenated alkanes) is 2. The normalized spacial score (nSPS) is 15.3. The van der Waals surface area contributed by atoms with Crippen molar-refractivity contribution in [1.29, 1.82) is 0 Å². The first-order chi connectivity index (χ1) is 9.65. The van der Waals surface area contributed by atoms with Crippen LogP contribution in [-0.2, 0) is 9.59 Å². The van der Waals surface area contributed by atoms with Crippen molar-refractivity contribution in [2.75, 3.05) is 19.7 Å². The van der Waals surface area contributed by atoms with Crippen LogP contribution in [-0.4, -0.2) is 47.6 Å². The molecule has 116 valence electrons. The number of nitrogens with one attached hydrogen (secondary N) is 1. The molecule has 1 fully saturated rings. The number of aliphatic hydroxyl groups is 1. The van der Waals surface area contributed by atoms with Gasteiger partial charge in [0.05, 0.1) is 6.61 Å². The molecule has 1 rings (SSSR count). The molecule has 1 saturated carbocycles. The molecule has 0 radical (unpaired) electrons. The standard InChI is InChI=1S/C15H28N2O3/c1-13(19)16-10-6-2-3-9-15(20)17(11-12-18)14-7-4-5-8-14/h14,18H,2-12H2,1H3,(H,16,19). The van der Waals surface area contributed by atoms with Crippen LogP contribution in [0.4, 0.5) is 0 Å². The maximum Gasteiger partial charge on any atom is 0.222 e. The summed E-state index contributed by atoms with van der Waals surface area (Å²) in [4.78, 5) is 24.8. The lowest BCUT2D eigenvalue weighted by Gasteiger charge is -2.28. The minimum Gasteiger partial charge on any atom is -0.395 e. The van der Waals surface area contributed by atoms with Gasteiger partial charge in [-0.05, 0) is 25.7 Å². The highest BCUT2D eigenvalue weighted by molar-refractivity contribution is 5.76. The zero-order valence-corrected chi connectivity index (χ0v) is 12.6. The number of hydrogen-bond donors (Lipinski definition) is 2. The Morgan fingerprint density at radius 1 is 1.20 bits per heavy atom. The summed E-state index contributed by atoms with van der Waals surface area (Å²) in [5.41, 5.74) is 0. The third kappa shape index (κ3) is 6.37. The van der Waals surface area contributed by atoms with Crippen molar-refractivity contribution in [3.8, 4) is 0 Å². The molecule has 0 spiro atoms. The third-order valence-corrected chi connectivity index (χ3v) is 3.87. The number of aliphatic hydroxyl groups excluding tert-OH is 1. The van der Waals surface area contributed by atoms with Gasteiger partial charge >= 0.3 is 0 Å². The topological polar surface area (TPSA) is 69.6 Å². The molecule has 0 atom stereocenters. The lowest BCUT2D eigenvalue weighted by Crippen LogP contribution is -2.40. The Balaban J connectivity index is 2.19. The zero-order chi connectivity index (χ0) is 14.8. The number of amides is 2. The number of rotatable bonds is 9. The summed E-state index contributed by atoms with van der Waals surface area (Å²) in [6, 6.07) is 0.342. The van der Waals surface area contributed by atoms with Crippen LogP contribution in [0.5, 0.6) is 0 Å². The molecule has 1 aliphatic rings. The van der Waals surface area contributed by atoms with Gasteiger partial charge in [0.25, 0.3) is 0 Å². The van der Waals surface area contributed by atoms with E-state index in [0.29, 0.717) is 25.6 Å². The van der Waals surface area contributed by atoms with E-state index in [-0.39, 0.29) is 18.4 Å². The Labute approximate surface area is 121 Å². The molecule has 20 heavy (non-hydrogen) atoms. The number of hydrogen-bond acceptors (Lipinski definition) is 3. The molecule has 0 bridgehead atoms. The van der Waals surface area contributed by atoms with Crippen molar-refractivity contribution in [1.82, 2.24) is 10.2 Å². The van der Waals surface area contributed by atoms with Gasteiger partial charge < -0.3 is 15.3 Å². The maximum absolute atomic E-state index is 12.2. The van der Waals surface area contributed by atoms with E-state index >= 15 is 0 Å². The Morgan fingerprint density at radius 3 is 2.50 bits per heavy atom.